The number of carbonyl (C=O) groups is 2. The summed E-state index contributed by atoms with van der Waals surface area (Å²) in [6.45, 7) is 3.82. The third-order valence-corrected chi connectivity index (χ3v) is 7.15. The molecule has 3 aromatic heterocycles. The SMILES string of the molecule is Cc1ccccc1C(C)OC(=O)Nc1c(C#Cc2nc3nc(CCCCC(=O)O)oc3o2)nsc1C1CC1. The molecule has 1 amide bonds. The Labute approximate surface area is 222 Å². The zero-order valence-corrected chi connectivity index (χ0v) is 21.8. The maximum Gasteiger partial charge on any atom is 0.412 e. The van der Waals surface area contributed by atoms with Crippen molar-refractivity contribution in [1.29, 1.82) is 0 Å². The predicted octanol–water partition coefficient (Wildman–Crippen LogP) is 5.97. The van der Waals surface area contributed by atoms with Gasteiger partial charge >= 0.3 is 17.8 Å². The Kier molecular flexibility index (Phi) is 7.42. The van der Waals surface area contributed by atoms with Crippen molar-refractivity contribution in [3.05, 3.63) is 57.7 Å². The average molecular weight is 535 g/mol. The summed E-state index contributed by atoms with van der Waals surface area (Å²) in [6.07, 6.45) is 2.87. The second-order valence-electron chi connectivity index (χ2n) is 9.16. The highest BCUT2D eigenvalue weighted by Gasteiger charge is 2.31. The molecule has 1 aromatic carbocycles. The first-order valence-electron chi connectivity index (χ1n) is 12.4. The van der Waals surface area contributed by atoms with Crippen molar-refractivity contribution in [2.24, 2.45) is 0 Å². The van der Waals surface area contributed by atoms with Crippen LogP contribution in [0, 0.1) is 18.8 Å². The zero-order valence-electron chi connectivity index (χ0n) is 20.9. The molecule has 4 aromatic rings. The van der Waals surface area contributed by atoms with Gasteiger partial charge in [0.15, 0.2) is 5.69 Å². The van der Waals surface area contributed by atoms with Crippen LogP contribution in [0.4, 0.5) is 10.5 Å². The minimum Gasteiger partial charge on any atom is -0.481 e. The van der Waals surface area contributed by atoms with E-state index in [4.69, 9.17) is 18.7 Å². The van der Waals surface area contributed by atoms with Crippen LogP contribution in [0.3, 0.4) is 0 Å². The Morgan fingerprint density at radius 2 is 2.03 bits per heavy atom. The number of aliphatic carboxylic acids is 1. The van der Waals surface area contributed by atoms with Gasteiger partial charge in [0, 0.05) is 18.8 Å². The number of hydrogen-bond donors (Lipinski definition) is 2. The average Bonchev–Trinajstić information content (AvgIpc) is 3.37. The summed E-state index contributed by atoms with van der Waals surface area (Å²) < 4.78 is 21.2. The van der Waals surface area contributed by atoms with Crippen molar-refractivity contribution in [3.63, 3.8) is 0 Å². The molecule has 0 radical (unpaired) electrons. The van der Waals surface area contributed by atoms with Crippen LogP contribution in [0.25, 0.3) is 11.4 Å². The molecule has 196 valence electrons. The summed E-state index contributed by atoms with van der Waals surface area (Å²) in [7, 11) is 0. The van der Waals surface area contributed by atoms with Crippen LogP contribution in [-0.4, -0.2) is 31.5 Å². The van der Waals surface area contributed by atoms with E-state index < -0.39 is 18.2 Å². The number of nitrogens with one attached hydrogen (secondary N) is 1. The van der Waals surface area contributed by atoms with Crippen LogP contribution >= 0.6 is 11.5 Å². The van der Waals surface area contributed by atoms with Gasteiger partial charge in [-0.1, -0.05) is 24.3 Å². The number of fused-ring (bicyclic) bond motifs is 1. The third kappa shape index (κ3) is 6.03. The van der Waals surface area contributed by atoms with E-state index >= 15 is 0 Å². The van der Waals surface area contributed by atoms with E-state index in [0.29, 0.717) is 48.1 Å². The van der Waals surface area contributed by atoms with Crippen molar-refractivity contribution in [2.45, 2.75) is 64.4 Å². The molecule has 0 aliphatic heterocycles. The first-order chi connectivity index (χ1) is 18.4. The number of nitrogens with zero attached hydrogens (tertiary/aromatic N) is 3. The highest BCUT2D eigenvalue weighted by Crippen LogP contribution is 2.46. The highest BCUT2D eigenvalue weighted by molar-refractivity contribution is 7.06. The van der Waals surface area contributed by atoms with Crippen molar-refractivity contribution >= 4 is 40.7 Å². The van der Waals surface area contributed by atoms with E-state index in [9.17, 15) is 9.59 Å². The summed E-state index contributed by atoms with van der Waals surface area (Å²) >= 11 is 1.32. The van der Waals surface area contributed by atoms with Crippen molar-refractivity contribution < 1.29 is 28.3 Å². The number of ether oxygens (including phenoxy) is 1. The fourth-order valence-corrected chi connectivity index (χ4v) is 4.99. The Morgan fingerprint density at radius 1 is 1.21 bits per heavy atom. The molecular formula is C27H26N4O6S. The van der Waals surface area contributed by atoms with Gasteiger partial charge in [-0.2, -0.15) is 14.3 Å². The molecule has 3 heterocycles. The van der Waals surface area contributed by atoms with Gasteiger partial charge in [0.25, 0.3) is 5.89 Å². The van der Waals surface area contributed by atoms with Crippen LogP contribution in [-0.2, 0) is 16.0 Å². The second kappa shape index (κ2) is 11.1. The van der Waals surface area contributed by atoms with Crippen LogP contribution < -0.4 is 5.32 Å². The van der Waals surface area contributed by atoms with Gasteiger partial charge in [0.05, 0.1) is 10.6 Å². The fraction of sp³-hybridized carbons (Fsp3) is 0.370. The number of carboxylic acid groups (broad SMARTS) is 1. The van der Waals surface area contributed by atoms with Crippen LogP contribution in [0.5, 0.6) is 0 Å². The van der Waals surface area contributed by atoms with E-state index in [1.54, 1.807) is 0 Å². The molecule has 1 aliphatic rings. The van der Waals surface area contributed by atoms with Crippen LogP contribution in [0.1, 0.15) is 84.5 Å². The normalized spacial score (nSPS) is 13.6. The molecular weight excluding hydrogens is 508 g/mol. The number of oxazole rings is 2. The van der Waals surface area contributed by atoms with Gasteiger partial charge in [0.1, 0.15) is 6.10 Å². The molecule has 1 unspecified atom stereocenters. The Balaban J connectivity index is 1.27. The molecule has 1 aliphatic carbocycles. The molecule has 38 heavy (non-hydrogen) atoms. The lowest BCUT2D eigenvalue weighted by atomic mass is 10.1. The lowest BCUT2D eigenvalue weighted by Crippen LogP contribution is -2.17. The summed E-state index contributed by atoms with van der Waals surface area (Å²) in [6, 6.07) is 7.78. The molecule has 1 atom stereocenters. The summed E-state index contributed by atoms with van der Waals surface area (Å²) in [4.78, 5) is 32.9. The monoisotopic (exact) mass is 534 g/mol. The molecule has 0 spiro atoms. The van der Waals surface area contributed by atoms with Crippen LogP contribution in [0.2, 0.25) is 0 Å². The number of amides is 1. The van der Waals surface area contributed by atoms with Gasteiger partial charge in [0.2, 0.25) is 11.5 Å². The number of rotatable bonds is 9. The van der Waals surface area contributed by atoms with Crippen molar-refractivity contribution in [1.82, 2.24) is 14.3 Å². The van der Waals surface area contributed by atoms with E-state index in [-0.39, 0.29) is 18.1 Å². The first-order valence-corrected chi connectivity index (χ1v) is 13.2. The number of hydrogen-bond acceptors (Lipinski definition) is 9. The number of anilines is 1. The third-order valence-electron chi connectivity index (χ3n) is 6.14. The van der Waals surface area contributed by atoms with Gasteiger partial charge < -0.3 is 18.7 Å². The Bertz CT molecular complexity index is 1510. The topological polar surface area (TPSA) is 141 Å². The molecule has 2 N–H and O–H groups in total. The number of unbranched alkanes of at least 4 members (excludes halogenated alkanes) is 1. The fourth-order valence-electron chi connectivity index (χ4n) is 4.04. The molecule has 5 rings (SSSR count). The van der Waals surface area contributed by atoms with Gasteiger partial charge in [-0.05, 0) is 74.0 Å². The predicted molar refractivity (Wildman–Crippen MR) is 139 cm³/mol. The smallest absolute Gasteiger partial charge is 0.412 e. The summed E-state index contributed by atoms with van der Waals surface area (Å²) in [5, 5.41) is 11.6. The lowest BCUT2D eigenvalue weighted by molar-refractivity contribution is -0.137. The number of benzene rings is 1. The lowest BCUT2D eigenvalue weighted by Gasteiger charge is -2.16. The van der Waals surface area contributed by atoms with Crippen molar-refractivity contribution in [2.75, 3.05) is 5.32 Å². The van der Waals surface area contributed by atoms with Gasteiger partial charge in [-0.3, -0.25) is 10.1 Å². The Morgan fingerprint density at radius 3 is 2.76 bits per heavy atom. The standard InChI is InChI=1S/C27H26N4O6S/c1-15-7-3-4-8-18(15)16(2)35-27(34)30-23-19(31-38-24(23)17-11-12-17)13-14-21-29-25-26(37-21)36-20(28-25)9-5-6-10-22(32)33/h3-4,7-8,16-17H,5-6,9-12H2,1-2H3,(H,30,34)(H,32,33). The Hall–Kier alpha value is -4.17. The van der Waals surface area contributed by atoms with Crippen molar-refractivity contribution in [3.8, 4) is 11.8 Å². The maximum absolute atomic E-state index is 12.8. The number of carbonyl (C=O) groups excluding carboxylic acids is 1. The number of carboxylic acids is 1. The molecule has 0 saturated heterocycles. The summed E-state index contributed by atoms with van der Waals surface area (Å²) in [5.41, 5.74) is 3.26. The van der Waals surface area contributed by atoms with Gasteiger partial charge in [-0.15, -0.1) is 0 Å². The van der Waals surface area contributed by atoms with E-state index in [1.807, 2.05) is 38.1 Å². The zero-order chi connectivity index (χ0) is 26.6. The van der Waals surface area contributed by atoms with E-state index in [1.165, 1.54) is 11.5 Å². The minimum atomic E-state index is -0.826. The minimum absolute atomic E-state index is 0.105. The summed E-state index contributed by atoms with van der Waals surface area (Å²) in [5.74, 6) is 6.03. The first kappa shape index (κ1) is 25.5. The number of aryl methyl sites for hydroxylation is 2. The molecule has 1 fully saturated rings. The molecule has 10 nitrogen and oxygen atoms in total. The second-order valence-corrected chi connectivity index (χ2v) is 9.97. The largest absolute Gasteiger partial charge is 0.481 e. The molecule has 0 bridgehead atoms. The number of aromatic nitrogens is 3. The van der Waals surface area contributed by atoms with E-state index in [2.05, 4.69) is 31.5 Å². The maximum atomic E-state index is 12.8. The molecule has 1 saturated carbocycles. The molecule has 11 heteroatoms. The highest BCUT2D eigenvalue weighted by atomic mass is 32.1. The van der Waals surface area contributed by atoms with Crippen LogP contribution in [0.15, 0.2) is 33.1 Å². The quantitative estimate of drug-likeness (QED) is 0.196. The van der Waals surface area contributed by atoms with Gasteiger partial charge in [-0.25, -0.2) is 4.79 Å². The van der Waals surface area contributed by atoms with E-state index in [0.717, 1.165) is 28.8 Å².